The second-order valence-corrected chi connectivity index (χ2v) is 9.63. The number of esters is 5. The molecule has 0 aromatic heterocycles. The zero-order chi connectivity index (χ0) is 31.9. The van der Waals surface area contributed by atoms with Crippen molar-refractivity contribution in [3.05, 3.63) is 0 Å². The van der Waals surface area contributed by atoms with E-state index in [1.54, 1.807) is 0 Å². The Hall–Kier alpha value is -1.39. The van der Waals surface area contributed by atoms with E-state index < -0.39 is 36.6 Å². The van der Waals surface area contributed by atoms with Crippen molar-refractivity contribution in [3.8, 4) is 0 Å². The maximum atomic E-state index is 12.1. The van der Waals surface area contributed by atoms with Crippen molar-refractivity contribution < 1.29 is 52.4 Å². The predicted molar refractivity (Wildman–Crippen MR) is 184 cm³/mol. The molecule has 1 N–H and O–H groups in total. The van der Waals surface area contributed by atoms with Crippen LogP contribution in [-0.4, -0.2) is 156 Å². The molecule has 1 atom stereocenters. The summed E-state index contributed by atoms with van der Waals surface area (Å²) in [5.41, 5.74) is 0. The van der Waals surface area contributed by atoms with Gasteiger partial charge in [0.1, 0.15) is 6.61 Å². The Morgan fingerprint density at radius 1 is 0.667 bits per heavy atom. The van der Waals surface area contributed by atoms with Gasteiger partial charge >= 0.3 is 29.8 Å². The third kappa shape index (κ3) is 22.7. The zero-order valence-corrected chi connectivity index (χ0v) is 29.2. The van der Waals surface area contributed by atoms with E-state index in [4.69, 9.17) is 28.4 Å². The second kappa shape index (κ2) is 28.8. The van der Waals surface area contributed by atoms with Gasteiger partial charge in [-0.1, -0.05) is 14.9 Å². The summed E-state index contributed by atoms with van der Waals surface area (Å²) < 4.78 is 29.5. The first kappa shape index (κ1) is 45.7. The third-order valence-corrected chi connectivity index (χ3v) is 6.53. The number of methoxy groups -OCH3 is 1. The molecule has 1 unspecified atom stereocenters. The normalized spacial score (nSPS) is 15.9. The zero-order valence-electron chi connectivity index (χ0n) is 24.9. The number of rotatable bonds is 18. The Morgan fingerprint density at radius 2 is 1.13 bits per heavy atom. The molecule has 0 bridgehead atoms. The topological polar surface area (TPSA) is 162 Å². The van der Waals surface area contributed by atoms with E-state index in [0.29, 0.717) is 45.8 Å². The molecule has 0 aromatic rings. The number of nitrogens with zero attached hydrogens (tertiary/aromatic N) is 3. The molecule has 2 aliphatic rings. The summed E-state index contributed by atoms with van der Waals surface area (Å²) in [5.74, 6) is -2.92. The van der Waals surface area contributed by atoms with E-state index in [1.165, 1.54) is 14.0 Å². The average Bonchev–Trinajstić information content (AvgIpc) is 3.02. The fourth-order valence-electron chi connectivity index (χ4n) is 4.06. The number of ether oxygens (including phenoxy) is 6. The largest absolute Gasteiger partial charge is 0.461 e. The molecule has 0 amide bonds. The Kier molecular flexibility index (Phi) is 29.3. The van der Waals surface area contributed by atoms with Crippen molar-refractivity contribution in [1.82, 2.24) is 20.0 Å². The second-order valence-electron chi connectivity index (χ2n) is 9.63. The van der Waals surface area contributed by atoms with Crippen LogP contribution in [0.4, 0.5) is 0 Å². The maximum Gasteiger partial charge on any atom is 0.347 e. The maximum absolute atomic E-state index is 12.1. The van der Waals surface area contributed by atoms with Gasteiger partial charge in [-0.15, -0.1) is 0 Å². The highest BCUT2D eigenvalue weighted by atomic mass is 128. The smallest absolute Gasteiger partial charge is 0.347 e. The highest BCUT2D eigenvalue weighted by Gasteiger charge is 2.23. The van der Waals surface area contributed by atoms with E-state index >= 15 is 0 Å². The van der Waals surface area contributed by atoms with Crippen LogP contribution in [0.25, 0.3) is 0 Å². The summed E-state index contributed by atoms with van der Waals surface area (Å²) in [6.07, 6.45) is -0.605. The molecule has 0 saturated carbocycles. The van der Waals surface area contributed by atoms with Crippen LogP contribution >= 0.6 is 37.2 Å². The quantitative estimate of drug-likeness (QED) is 0.0692. The minimum absolute atomic E-state index is 0. The number of hydrogen-bond acceptors (Lipinski definition) is 15. The van der Waals surface area contributed by atoms with Crippen molar-refractivity contribution in [3.63, 3.8) is 0 Å². The average molecular weight is 875 g/mol. The van der Waals surface area contributed by atoms with Crippen molar-refractivity contribution in [1.29, 1.82) is 0 Å². The molecule has 2 saturated heterocycles. The predicted octanol–water partition coefficient (Wildman–Crippen LogP) is 1.43. The van der Waals surface area contributed by atoms with Crippen LogP contribution in [0.1, 0.15) is 41.0 Å². The first-order valence-corrected chi connectivity index (χ1v) is 20.4. The molecule has 0 spiro atoms. The molecule has 0 aliphatic carbocycles. The molecule has 264 valence electrons. The monoisotopic (exact) mass is 874 g/mol. The summed E-state index contributed by atoms with van der Waals surface area (Å²) in [5, 5.41) is 3.25. The molecule has 2 fully saturated rings. The lowest BCUT2D eigenvalue weighted by Gasteiger charge is -2.34. The Labute approximate surface area is 290 Å². The van der Waals surface area contributed by atoms with Crippen LogP contribution < -0.4 is 5.32 Å². The SMILES string of the molecule is C.C.COCCOC(=O)COC(=O)C(C)OC(=O)CCN1CCN(CCC(=O)OCOC(=O)CCN2CCNCC2)CC1.II. The molecule has 17 heteroatoms. The van der Waals surface area contributed by atoms with Crippen LogP contribution in [0.3, 0.4) is 0 Å². The number of halogens is 2. The number of carbonyl (C=O) groups is 5. The van der Waals surface area contributed by atoms with E-state index in [2.05, 4.69) is 57.2 Å². The fraction of sp³-hybridized carbons (Fsp3) is 0.821. The molecule has 2 rings (SSSR count). The summed E-state index contributed by atoms with van der Waals surface area (Å²) in [6, 6.07) is 0. The highest BCUT2D eigenvalue weighted by Crippen LogP contribution is 2.06. The molecular formula is C28H52I2N4O11. The third-order valence-electron chi connectivity index (χ3n) is 6.53. The Morgan fingerprint density at radius 3 is 1.62 bits per heavy atom. The van der Waals surface area contributed by atoms with Gasteiger partial charge in [-0.2, -0.15) is 0 Å². The molecule has 0 radical (unpaired) electrons. The van der Waals surface area contributed by atoms with Gasteiger partial charge < -0.3 is 48.4 Å². The van der Waals surface area contributed by atoms with Crippen LogP contribution in [-0.2, 0) is 52.4 Å². The van der Waals surface area contributed by atoms with Crippen LogP contribution in [0.2, 0.25) is 0 Å². The van der Waals surface area contributed by atoms with Gasteiger partial charge in [0.25, 0.3) is 0 Å². The van der Waals surface area contributed by atoms with Gasteiger partial charge in [0.15, 0.2) is 12.7 Å². The number of carbonyl (C=O) groups excluding carboxylic acids is 5. The molecule has 15 nitrogen and oxygen atoms in total. The van der Waals surface area contributed by atoms with Crippen molar-refractivity contribution >= 4 is 67.1 Å². The first-order chi connectivity index (χ1) is 20.8. The van der Waals surface area contributed by atoms with Gasteiger partial charge in [-0.05, 0) is 6.92 Å². The lowest BCUT2D eigenvalue weighted by molar-refractivity contribution is -0.171. The Bertz CT molecular complexity index is 843. The van der Waals surface area contributed by atoms with Crippen molar-refractivity contribution in [2.24, 2.45) is 0 Å². The first-order valence-electron chi connectivity index (χ1n) is 14.1. The van der Waals surface area contributed by atoms with Gasteiger partial charge in [-0.3, -0.25) is 14.4 Å². The number of piperazine rings is 2. The van der Waals surface area contributed by atoms with Gasteiger partial charge in [0.2, 0.25) is 6.79 Å². The van der Waals surface area contributed by atoms with E-state index in [-0.39, 0.29) is 60.1 Å². The lowest BCUT2D eigenvalue weighted by atomic mass is 10.2. The summed E-state index contributed by atoms with van der Waals surface area (Å²) in [6.45, 7) is 8.78. The minimum atomic E-state index is -1.15. The summed E-state index contributed by atoms with van der Waals surface area (Å²) >= 11 is 4.24. The molecular weight excluding hydrogens is 822 g/mol. The van der Waals surface area contributed by atoms with E-state index in [1.807, 2.05) is 0 Å². The molecule has 0 aromatic carbocycles. The fourth-order valence-corrected chi connectivity index (χ4v) is 4.06. The Balaban J connectivity index is 0. The molecule has 2 heterocycles. The summed E-state index contributed by atoms with van der Waals surface area (Å²) in [4.78, 5) is 65.7. The minimum Gasteiger partial charge on any atom is -0.461 e. The van der Waals surface area contributed by atoms with E-state index in [9.17, 15) is 24.0 Å². The van der Waals surface area contributed by atoms with E-state index in [0.717, 1.165) is 26.2 Å². The molecule has 45 heavy (non-hydrogen) atoms. The van der Waals surface area contributed by atoms with Crippen molar-refractivity contribution in [2.45, 2.75) is 47.1 Å². The van der Waals surface area contributed by atoms with Crippen LogP contribution in [0.5, 0.6) is 0 Å². The van der Waals surface area contributed by atoms with Gasteiger partial charge in [-0.25, -0.2) is 9.59 Å². The van der Waals surface area contributed by atoms with Gasteiger partial charge in [0.05, 0.1) is 25.9 Å². The van der Waals surface area contributed by atoms with Gasteiger partial charge in [0, 0.05) is 116 Å². The van der Waals surface area contributed by atoms with Crippen LogP contribution in [0, 0.1) is 0 Å². The standard InChI is InChI=1S/C26H44N4O11.2CH4.I2/c1-21(26(35)38-19-25(34)37-18-17-36-2)41-24(33)5-10-30-15-13-29(14-16-30)9-4-23(32)40-20-39-22(31)3-8-28-11-6-27-7-12-28;;;1-2/h21,27H,3-20H2,1-2H3;2*1H4;. The lowest BCUT2D eigenvalue weighted by Crippen LogP contribution is -2.47. The summed E-state index contributed by atoms with van der Waals surface area (Å²) in [7, 11) is 1.46. The van der Waals surface area contributed by atoms with Crippen molar-refractivity contribution in [2.75, 3.05) is 106 Å². The highest BCUT2D eigenvalue weighted by molar-refractivity contribution is 15.0. The number of hydrogen-bond donors (Lipinski definition) is 1. The van der Waals surface area contributed by atoms with Crippen LogP contribution in [0.15, 0.2) is 0 Å². The molecule has 2 aliphatic heterocycles. The number of nitrogens with one attached hydrogen (secondary N) is 1.